The third-order valence-corrected chi connectivity index (χ3v) is 3.01. The quantitative estimate of drug-likeness (QED) is 0.773. The Morgan fingerprint density at radius 2 is 1.37 bits per heavy atom. The van der Waals surface area contributed by atoms with E-state index in [0.29, 0.717) is 0 Å². The van der Waals surface area contributed by atoms with E-state index in [9.17, 15) is 16.8 Å². The van der Waals surface area contributed by atoms with Gasteiger partial charge in [0.2, 0.25) is 0 Å². The highest BCUT2D eigenvalue weighted by Gasteiger charge is 2.01. The molecule has 0 aliphatic heterocycles. The average Bonchev–Trinajstić information content (AvgIpc) is 2.27. The van der Waals surface area contributed by atoms with E-state index in [1.165, 1.54) is 0 Å². The highest BCUT2D eigenvalue weighted by Crippen LogP contribution is 2.05. The summed E-state index contributed by atoms with van der Waals surface area (Å²) >= 11 is 0. The van der Waals surface area contributed by atoms with E-state index in [2.05, 4.69) is 8.37 Å². The van der Waals surface area contributed by atoms with Gasteiger partial charge in [-0.25, -0.2) is 0 Å². The molecule has 0 amide bonds. The van der Waals surface area contributed by atoms with Crippen LogP contribution in [0, 0.1) is 6.92 Å². The zero-order valence-corrected chi connectivity index (χ0v) is 12.9. The van der Waals surface area contributed by atoms with Gasteiger partial charge < -0.3 is 0 Å². The number of rotatable bonds is 4. The van der Waals surface area contributed by atoms with E-state index in [1.807, 2.05) is 31.2 Å². The average molecular weight is 310 g/mol. The second kappa shape index (κ2) is 7.59. The van der Waals surface area contributed by atoms with E-state index < -0.39 is 20.2 Å². The second-order valence-electron chi connectivity index (χ2n) is 3.82. The van der Waals surface area contributed by atoms with Gasteiger partial charge in [-0.05, 0) is 12.5 Å². The number of hydrogen-bond donors (Lipinski definition) is 0. The van der Waals surface area contributed by atoms with Crippen LogP contribution in [0.25, 0.3) is 0 Å². The third-order valence-electron chi connectivity index (χ3n) is 1.86. The third kappa shape index (κ3) is 11.8. The molecule has 0 aromatic heterocycles. The van der Waals surface area contributed by atoms with Gasteiger partial charge in [0.25, 0.3) is 20.2 Å². The lowest BCUT2D eigenvalue weighted by Crippen LogP contribution is -2.02. The lowest BCUT2D eigenvalue weighted by Gasteiger charge is -2.01. The van der Waals surface area contributed by atoms with Gasteiger partial charge in [-0.15, -0.1) is 0 Å². The van der Waals surface area contributed by atoms with Crippen molar-refractivity contribution >= 4 is 20.2 Å². The van der Waals surface area contributed by atoms with Crippen molar-refractivity contribution in [2.75, 3.05) is 19.6 Å². The Bertz CT molecular complexity index is 572. The molecule has 0 radical (unpaired) electrons. The van der Waals surface area contributed by atoms with Gasteiger partial charge in [-0.2, -0.15) is 16.8 Å². The summed E-state index contributed by atoms with van der Waals surface area (Å²) in [5, 5.41) is 0. The maximum absolute atomic E-state index is 10.6. The Morgan fingerprint density at radius 1 is 0.947 bits per heavy atom. The summed E-state index contributed by atoms with van der Waals surface area (Å²) in [5.41, 5.74) is 2.00. The van der Waals surface area contributed by atoms with E-state index in [0.717, 1.165) is 30.7 Å². The first-order valence-corrected chi connectivity index (χ1v) is 8.82. The van der Waals surface area contributed by atoms with Gasteiger partial charge in [-0.3, -0.25) is 8.37 Å². The van der Waals surface area contributed by atoms with Crippen molar-refractivity contribution in [3.8, 4) is 0 Å². The van der Waals surface area contributed by atoms with Gasteiger partial charge in [0, 0.05) is 0 Å². The molecule has 0 bridgehead atoms. The topological polar surface area (TPSA) is 86.7 Å². The Kier molecular flexibility index (Phi) is 7.20. The normalized spacial score (nSPS) is 11.6. The minimum absolute atomic E-state index is 0.110. The number of benzene rings is 1. The van der Waals surface area contributed by atoms with E-state index in [-0.39, 0.29) is 6.61 Å². The fourth-order valence-electron chi connectivity index (χ4n) is 0.859. The van der Waals surface area contributed by atoms with Gasteiger partial charge in [0.15, 0.2) is 0 Å². The molecule has 0 atom stereocenters. The van der Waals surface area contributed by atoms with Gasteiger partial charge in [-0.1, -0.05) is 29.8 Å². The molecular weight excluding hydrogens is 292 g/mol. The SMILES string of the molecule is COS(C)(=O)=O.Cc1ccc(COS(C)(=O)=O)cc1. The van der Waals surface area contributed by atoms with Crippen molar-refractivity contribution in [1.29, 1.82) is 0 Å². The van der Waals surface area contributed by atoms with Crippen molar-refractivity contribution in [3.05, 3.63) is 35.4 Å². The van der Waals surface area contributed by atoms with Crippen LogP contribution in [-0.2, 0) is 35.2 Å². The maximum Gasteiger partial charge on any atom is 0.264 e. The summed E-state index contributed by atoms with van der Waals surface area (Å²) in [6, 6.07) is 7.53. The fourth-order valence-corrected chi connectivity index (χ4v) is 1.21. The van der Waals surface area contributed by atoms with Crippen molar-refractivity contribution in [1.82, 2.24) is 0 Å². The molecule has 0 unspecified atom stereocenters. The first kappa shape index (κ1) is 18.0. The monoisotopic (exact) mass is 310 g/mol. The van der Waals surface area contributed by atoms with Crippen LogP contribution in [-0.4, -0.2) is 36.5 Å². The molecule has 110 valence electrons. The van der Waals surface area contributed by atoms with Gasteiger partial charge >= 0.3 is 0 Å². The van der Waals surface area contributed by atoms with Crippen LogP contribution < -0.4 is 0 Å². The highest BCUT2D eigenvalue weighted by atomic mass is 32.2. The molecule has 0 N–H and O–H groups in total. The Morgan fingerprint density at radius 3 is 1.68 bits per heavy atom. The van der Waals surface area contributed by atoms with Gasteiger partial charge in [0.05, 0.1) is 26.2 Å². The maximum atomic E-state index is 10.6. The number of hydrogen-bond acceptors (Lipinski definition) is 6. The first-order valence-electron chi connectivity index (χ1n) is 5.19. The molecule has 0 aliphatic rings. The van der Waals surface area contributed by atoms with Crippen molar-refractivity contribution in [3.63, 3.8) is 0 Å². The summed E-state index contributed by atoms with van der Waals surface area (Å²) in [4.78, 5) is 0. The van der Waals surface area contributed by atoms with Gasteiger partial charge in [0.1, 0.15) is 0 Å². The molecule has 0 saturated carbocycles. The van der Waals surface area contributed by atoms with E-state index in [4.69, 9.17) is 0 Å². The van der Waals surface area contributed by atoms with Crippen molar-refractivity contribution in [2.24, 2.45) is 0 Å². The van der Waals surface area contributed by atoms with E-state index >= 15 is 0 Å². The zero-order valence-electron chi connectivity index (χ0n) is 11.3. The Hall–Kier alpha value is -0.960. The van der Waals surface area contributed by atoms with Crippen LogP contribution in [0.3, 0.4) is 0 Å². The zero-order chi connectivity index (χ0) is 15.1. The number of aryl methyl sites for hydroxylation is 1. The highest BCUT2D eigenvalue weighted by molar-refractivity contribution is 7.86. The first-order chi connectivity index (χ1) is 8.53. The molecule has 1 rings (SSSR count). The summed E-state index contributed by atoms with van der Waals surface area (Å²) < 4.78 is 49.4. The van der Waals surface area contributed by atoms with Crippen molar-refractivity contribution < 1.29 is 25.2 Å². The Balaban J connectivity index is 0.000000459. The summed E-state index contributed by atoms with van der Waals surface area (Å²) in [6.45, 7) is 2.08. The lowest BCUT2D eigenvalue weighted by molar-refractivity contribution is 0.311. The lowest BCUT2D eigenvalue weighted by atomic mass is 10.2. The van der Waals surface area contributed by atoms with Crippen LogP contribution in [0.4, 0.5) is 0 Å². The van der Waals surface area contributed by atoms with Crippen molar-refractivity contribution in [2.45, 2.75) is 13.5 Å². The molecule has 0 heterocycles. The summed E-state index contributed by atoms with van der Waals surface area (Å²) in [5.74, 6) is 0. The van der Waals surface area contributed by atoms with Crippen LogP contribution in [0.2, 0.25) is 0 Å². The molecule has 0 fully saturated rings. The summed E-state index contributed by atoms with van der Waals surface area (Å²) in [7, 11) is -5.37. The van der Waals surface area contributed by atoms with Crippen LogP contribution in [0.5, 0.6) is 0 Å². The minimum Gasteiger partial charge on any atom is -0.274 e. The second-order valence-corrected chi connectivity index (χ2v) is 7.21. The van der Waals surface area contributed by atoms with Crippen LogP contribution in [0.1, 0.15) is 11.1 Å². The molecule has 19 heavy (non-hydrogen) atoms. The molecule has 1 aromatic rings. The van der Waals surface area contributed by atoms with Crippen LogP contribution in [0.15, 0.2) is 24.3 Å². The molecule has 0 aliphatic carbocycles. The molecule has 0 saturated heterocycles. The Labute approximate surface area is 114 Å². The fraction of sp³-hybridized carbons (Fsp3) is 0.455. The smallest absolute Gasteiger partial charge is 0.264 e. The van der Waals surface area contributed by atoms with E-state index in [1.54, 1.807) is 0 Å². The standard InChI is InChI=1S/C9H12O3S.C2H6O3S/c1-8-3-5-9(6-4-8)7-12-13(2,10)11;1-5-6(2,3)4/h3-6H,7H2,1-2H3;1-2H3. The summed E-state index contributed by atoms with van der Waals surface area (Å²) in [6.07, 6.45) is 2.04. The molecule has 0 spiro atoms. The molecular formula is C11H18O6S2. The largest absolute Gasteiger partial charge is 0.274 e. The predicted molar refractivity (Wildman–Crippen MR) is 72.7 cm³/mol. The van der Waals surface area contributed by atoms with Crippen LogP contribution >= 0.6 is 0 Å². The molecule has 8 heteroatoms. The predicted octanol–water partition coefficient (Wildman–Crippen LogP) is 1.06. The minimum atomic E-state index is -3.33. The molecule has 1 aromatic carbocycles. The molecule has 6 nitrogen and oxygen atoms in total.